The summed E-state index contributed by atoms with van der Waals surface area (Å²) in [5.74, 6) is -0.663. The molecule has 8 rings (SSSR count). The molecule has 0 bridgehead atoms. The van der Waals surface area contributed by atoms with Crippen LogP contribution < -0.4 is 10.6 Å². The van der Waals surface area contributed by atoms with Gasteiger partial charge in [-0.1, -0.05) is 102 Å². The van der Waals surface area contributed by atoms with Gasteiger partial charge in [-0.05, 0) is 125 Å². The number of amides is 4. The SMILES string of the molecule is CN(C(=O)CCc1cccc(F)c1Cl)[C@@H](CCC=O)COC(=O)Nc1cc2ccccc2cn1.CN1CCCCC1.CN1CCN(CCC[C@@H](COC(=O)Nc2cc3ccccc3cn2)N(C)C(=O)CCc2cccc(F)c2Cl)CC1.S.S. The number of nitrogens with one attached hydrogen (secondary N) is 2. The lowest BCUT2D eigenvalue weighted by Gasteiger charge is -2.33. The number of likely N-dealkylation sites (tertiary alicyclic amines) is 1. The summed E-state index contributed by atoms with van der Waals surface area (Å²) in [7, 11) is 7.62. The fraction of sp³-hybridized carbons (Fsp3) is 0.426. The fourth-order valence-corrected chi connectivity index (χ4v) is 9.81. The maximum Gasteiger partial charge on any atom is 0.412 e. The number of nitrogens with zero attached hydrogens (tertiary/aromatic N) is 7. The lowest BCUT2D eigenvalue weighted by Crippen LogP contribution is -2.45. The Kier molecular flexibility index (Phi) is 30.5. The number of piperazine rings is 1. The third kappa shape index (κ3) is 23.1. The first-order chi connectivity index (χ1) is 39.1. The van der Waals surface area contributed by atoms with E-state index in [0.717, 1.165) is 67.0 Å². The van der Waals surface area contributed by atoms with Crippen LogP contribution in [0.25, 0.3) is 21.5 Å². The van der Waals surface area contributed by atoms with E-state index >= 15 is 0 Å². The van der Waals surface area contributed by atoms with Crippen LogP contribution in [-0.2, 0) is 36.7 Å². The molecule has 4 aromatic carbocycles. The minimum Gasteiger partial charge on any atom is -0.447 e. The zero-order valence-corrected chi connectivity index (χ0v) is 51.3. The monoisotopic (exact) mass is 1220 g/mol. The molecule has 83 heavy (non-hydrogen) atoms. The van der Waals surface area contributed by atoms with Gasteiger partial charge in [0.2, 0.25) is 11.8 Å². The van der Waals surface area contributed by atoms with E-state index in [4.69, 9.17) is 32.7 Å². The second-order valence-corrected chi connectivity index (χ2v) is 21.2. The van der Waals surface area contributed by atoms with Gasteiger partial charge in [-0.3, -0.25) is 20.2 Å². The van der Waals surface area contributed by atoms with Crippen molar-refractivity contribution in [2.24, 2.45) is 0 Å². The van der Waals surface area contributed by atoms with E-state index < -0.39 is 29.9 Å². The zero-order chi connectivity index (χ0) is 58.1. The molecule has 2 atom stereocenters. The van der Waals surface area contributed by atoms with Gasteiger partial charge in [0, 0.05) is 82.7 Å². The van der Waals surface area contributed by atoms with Crippen molar-refractivity contribution >= 4 is 114 Å². The molecule has 2 N–H and O–H groups in total. The quantitative estimate of drug-likeness (QED) is 0.0655. The number of ether oxygens (including phenoxy) is 2. The highest BCUT2D eigenvalue weighted by molar-refractivity contribution is 7.59. The fourth-order valence-electron chi connectivity index (χ4n) is 9.37. The molecule has 0 unspecified atom stereocenters. The molecule has 2 aliphatic rings. The highest BCUT2D eigenvalue weighted by Crippen LogP contribution is 2.24. The predicted octanol–water partition coefficient (Wildman–Crippen LogP) is 11.4. The molecule has 0 radical (unpaired) electrons. The maximum atomic E-state index is 13.8. The third-order valence-electron chi connectivity index (χ3n) is 14.5. The normalized spacial score (nSPS) is 14.2. The number of carbonyl (C=O) groups is 5. The van der Waals surface area contributed by atoms with Crippen LogP contribution in [0, 0.1) is 11.6 Å². The standard InChI is InChI=1S/C30H37ClFN5O3.C25H25ClFN3O4.C6H13N.2H2S/c1-35-15-17-37(18-16-35)14-6-10-25(36(2)28(38)13-12-22-9-5-11-26(32)29(22)31)21-40-30(39)34-27-19-23-7-3-4-8-24(23)20-33-27;1-30(23(32)12-11-17-8-4-10-21(27)24(17)26)20(9-5-13-31)16-34-25(33)29-22-14-18-6-2-3-7-19(18)15-28-22;1-7-5-3-2-4-6-7;;/h3-5,7-9,11,19-20,25H,6,10,12-18,21H2,1-2H3,(H,33,34,39);2-4,6-8,10,13-15,20H,5,9,11-12,16H2,1H3,(H,28,29,33);2-6H2,1H3;2*1H2/t25-;20-;;;/m00.../s1. The van der Waals surface area contributed by atoms with Crippen LogP contribution in [0.15, 0.2) is 109 Å². The number of benzene rings is 4. The van der Waals surface area contributed by atoms with Crippen molar-refractivity contribution in [2.45, 2.75) is 82.7 Å². The minimum atomic E-state index is -0.716. The lowest BCUT2D eigenvalue weighted by molar-refractivity contribution is -0.133. The van der Waals surface area contributed by atoms with Gasteiger partial charge >= 0.3 is 12.2 Å². The number of aldehydes is 1. The van der Waals surface area contributed by atoms with E-state index in [1.165, 1.54) is 55.5 Å². The zero-order valence-electron chi connectivity index (χ0n) is 47.8. The molecule has 0 saturated carbocycles. The van der Waals surface area contributed by atoms with Gasteiger partial charge in [0.25, 0.3) is 0 Å². The predicted molar refractivity (Wildman–Crippen MR) is 337 cm³/mol. The summed E-state index contributed by atoms with van der Waals surface area (Å²) >= 11 is 12.0. The van der Waals surface area contributed by atoms with Crippen LogP contribution in [0.5, 0.6) is 0 Å². The van der Waals surface area contributed by atoms with Gasteiger partial charge in [0.15, 0.2) is 0 Å². The number of likely N-dealkylation sites (N-methyl/N-ethyl adjacent to an activating group) is 3. The molecule has 2 fully saturated rings. The van der Waals surface area contributed by atoms with E-state index in [9.17, 15) is 32.8 Å². The van der Waals surface area contributed by atoms with Gasteiger partial charge < -0.3 is 38.8 Å². The topological polar surface area (TPSA) is 170 Å². The Bertz CT molecular complexity index is 3010. The van der Waals surface area contributed by atoms with Crippen molar-refractivity contribution < 1.29 is 42.2 Å². The Morgan fingerprint density at radius 3 is 1.48 bits per heavy atom. The number of anilines is 2. The second kappa shape index (κ2) is 36.5. The van der Waals surface area contributed by atoms with Crippen LogP contribution in [0.2, 0.25) is 10.0 Å². The number of aryl methyl sites for hydroxylation is 2. The molecule has 22 heteroatoms. The smallest absolute Gasteiger partial charge is 0.412 e. The molecule has 450 valence electrons. The Labute approximate surface area is 510 Å². The van der Waals surface area contributed by atoms with Crippen LogP contribution in [0.4, 0.5) is 30.0 Å². The van der Waals surface area contributed by atoms with Crippen molar-refractivity contribution in [3.8, 4) is 0 Å². The summed E-state index contributed by atoms with van der Waals surface area (Å²) in [6.07, 6.45) is 9.93. The van der Waals surface area contributed by atoms with E-state index in [-0.39, 0.29) is 93.8 Å². The number of aromatic nitrogens is 2. The first-order valence-electron chi connectivity index (χ1n) is 27.6. The number of halogens is 4. The van der Waals surface area contributed by atoms with Gasteiger partial charge in [0.05, 0.1) is 22.1 Å². The van der Waals surface area contributed by atoms with Crippen molar-refractivity contribution in [2.75, 3.05) is 97.9 Å². The number of hydrogen-bond donors (Lipinski definition) is 2. The lowest BCUT2D eigenvalue weighted by atomic mass is 10.1. The molecule has 4 amide bonds. The molecule has 0 spiro atoms. The summed E-state index contributed by atoms with van der Waals surface area (Å²) < 4.78 is 38.3. The molecule has 2 saturated heterocycles. The van der Waals surface area contributed by atoms with Gasteiger partial charge in [0.1, 0.15) is 42.8 Å². The van der Waals surface area contributed by atoms with E-state index in [1.54, 1.807) is 61.7 Å². The summed E-state index contributed by atoms with van der Waals surface area (Å²) in [6.45, 7) is 7.61. The Morgan fingerprint density at radius 1 is 0.614 bits per heavy atom. The minimum absolute atomic E-state index is 0. The molecular formula is C61H79Cl2F2N9O7S2. The van der Waals surface area contributed by atoms with Crippen molar-refractivity contribution in [3.05, 3.63) is 142 Å². The molecule has 2 aromatic heterocycles. The summed E-state index contributed by atoms with van der Waals surface area (Å²) in [5, 5.41) is 9.10. The highest BCUT2D eigenvalue weighted by atomic mass is 35.5. The molecule has 0 aliphatic carbocycles. The summed E-state index contributed by atoms with van der Waals surface area (Å²) in [4.78, 5) is 80.3. The number of carbonyl (C=O) groups excluding carboxylic acids is 5. The van der Waals surface area contributed by atoms with Crippen LogP contribution in [0.3, 0.4) is 0 Å². The van der Waals surface area contributed by atoms with Gasteiger partial charge in [-0.2, -0.15) is 27.0 Å². The van der Waals surface area contributed by atoms with Crippen molar-refractivity contribution in [1.82, 2.24) is 34.5 Å². The number of rotatable bonds is 21. The van der Waals surface area contributed by atoms with E-state index in [2.05, 4.69) is 49.4 Å². The average Bonchev–Trinajstić information content (AvgIpc) is 3.50. The van der Waals surface area contributed by atoms with Gasteiger partial charge in [-0.15, -0.1) is 0 Å². The van der Waals surface area contributed by atoms with Crippen LogP contribution in [-0.4, -0.2) is 164 Å². The van der Waals surface area contributed by atoms with Crippen LogP contribution in [0.1, 0.15) is 68.9 Å². The molecular weight excluding hydrogens is 1140 g/mol. The van der Waals surface area contributed by atoms with E-state index in [0.29, 0.717) is 42.0 Å². The average molecular weight is 1220 g/mol. The summed E-state index contributed by atoms with van der Waals surface area (Å²) in [6, 6.07) is 27.1. The molecule has 2 aliphatic heterocycles. The summed E-state index contributed by atoms with van der Waals surface area (Å²) in [5.41, 5.74) is 1.12. The maximum absolute atomic E-state index is 13.8. The number of piperidine rings is 1. The second-order valence-electron chi connectivity index (χ2n) is 20.4. The number of hydrogen-bond acceptors (Lipinski definition) is 12. The number of pyridine rings is 2. The molecule has 4 heterocycles. The Hall–Kier alpha value is -6.13. The van der Waals surface area contributed by atoms with Crippen LogP contribution >= 0.6 is 50.2 Å². The molecule has 6 aromatic rings. The van der Waals surface area contributed by atoms with Crippen molar-refractivity contribution in [3.63, 3.8) is 0 Å². The number of fused-ring (bicyclic) bond motifs is 2. The largest absolute Gasteiger partial charge is 0.447 e. The molecule has 16 nitrogen and oxygen atoms in total. The Morgan fingerprint density at radius 2 is 1.05 bits per heavy atom. The van der Waals surface area contributed by atoms with Crippen molar-refractivity contribution in [1.29, 1.82) is 0 Å². The first kappa shape index (κ1) is 69.4. The van der Waals surface area contributed by atoms with E-state index in [1.807, 2.05) is 48.5 Å². The first-order valence-corrected chi connectivity index (χ1v) is 28.3. The highest BCUT2D eigenvalue weighted by Gasteiger charge is 2.25. The van der Waals surface area contributed by atoms with Gasteiger partial charge in [-0.25, -0.2) is 28.3 Å². The Balaban J connectivity index is 0.000000314. The third-order valence-corrected chi connectivity index (χ3v) is 15.3.